The van der Waals surface area contributed by atoms with Gasteiger partial charge in [-0.3, -0.25) is 19.8 Å². The number of carbonyl (C=O) groups excluding carboxylic acids is 3. The summed E-state index contributed by atoms with van der Waals surface area (Å²) in [5, 5.41) is 2.31. The van der Waals surface area contributed by atoms with Crippen molar-refractivity contribution in [3.8, 4) is 0 Å². The van der Waals surface area contributed by atoms with Crippen LogP contribution in [0.15, 0.2) is 0 Å². The molecule has 2 fully saturated rings. The SMILES string of the molecule is CCCC1C(=O)NC(=O)N(C(C)CN2CCCC2)C1=O. The Morgan fingerprint density at radius 3 is 2.50 bits per heavy atom. The van der Waals surface area contributed by atoms with Gasteiger partial charge in [0.25, 0.3) is 0 Å². The van der Waals surface area contributed by atoms with Gasteiger partial charge in [-0.1, -0.05) is 13.3 Å². The Labute approximate surface area is 119 Å². The first-order valence-corrected chi connectivity index (χ1v) is 7.44. The van der Waals surface area contributed by atoms with Crippen molar-refractivity contribution in [1.29, 1.82) is 0 Å². The molecule has 4 amide bonds. The Kier molecular flexibility index (Phi) is 4.75. The smallest absolute Gasteiger partial charge is 0.301 e. The van der Waals surface area contributed by atoms with Gasteiger partial charge in [-0.15, -0.1) is 0 Å². The third-order valence-corrected chi connectivity index (χ3v) is 4.04. The maximum atomic E-state index is 12.4. The fourth-order valence-corrected chi connectivity index (χ4v) is 3.01. The lowest BCUT2D eigenvalue weighted by atomic mass is 9.98. The second-order valence-corrected chi connectivity index (χ2v) is 5.70. The Bertz CT molecular complexity index is 404. The van der Waals surface area contributed by atoms with Gasteiger partial charge in [0.05, 0.1) is 6.04 Å². The molecule has 2 unspecified atom stereocenters. The van der Waals surface area contributed by atoms with Crippen LogP contribution in [-0.4, -0.2) is 53.3 Å². The zero-order chi connectivity index (χ0) is 14.7. The first-order chi connectivity index (χ1) is 9.54. The second kappa shape index (κ2) is 6.35. The summed E-state index contributed by atoms with van der Waals surface area (Å²) >= 11 is 0. The molecule has 0 aliphatic carbocycles. The van der Waals surface area contributed by atoms with E-state index < -0.39 is 17.9 Å². The highest BCUT2D eigenvalue weighted by Crippen LogP contribution is 2.19. The molecule has 2 saturated heterocycles. The molecule has 2 heterocycles. The summed E-state index contributed by atoms with van der Waals surface area (Å²) < 4.78 is 0. The molecule has 6 heteroatoms. The summed E-state index contributed by atoms with van der Waals surface area (Å²) in [4.78, 5) is 39.5. The molecule has 0 aromatic heterocycles. The number of likely N-dealkylation sites (tertiary alicyclic amines) is 1. The van der Waals surface area contributed by atoms with E-state index in [1.54, 1.807) is 0 Å². The van der Waals surface area contributed by atoms with Crippen molar-refractivity contribution in [1.82, 2.24) is 15.1 Å². The Morgan fingerprint density at radius 1 is 1.25 bits per heavy atom. The lowest BCUT2D eigenvalue weighted by Gasteiger charge is -2.35. The topological polar surface area (TPSA) is 69.7 Å². The molecule has 112 valence electrons. The highest BCUT2D eigenvalue weighted by molar-refractivity contribution is 6.16. The van der Waals surface area contributed by atoms with Crippen LogP contribution in [0.3, 0.4) is 0 Å². The first-order valence-electron chi connectivity index (χ1n) is 7.44. The normalized spacial score (nSPS) is 26.0. The number of nitrogens with zero attached hydrogens (tertiary/aromatic N) is 2. The minimum atomic E-state index is -0.710. The molecule has 2 atom stereocenters. The highest BCUT2D eigenvalue weighted by Gasteiger charge is 2.42. The number of urea groups is 1. The third-order valence-electron chi connectivity index (χ3n) is 4.04. The summed E-state index contributed by atoms with van der Waals surface area (Å²) in [7, 11) is 0. The van der Waals surface area contributed by atoms with Crippen LogP contribution in [-0.2, 0) is 9.59 Å². The van der Waals surface area contributed by atoms with Crippen LogP contribution in [0.1, 0.15) is 39.5 Å². The van der Waals surface area contributed by atoms with Gasteiger partial charge >= 0.3 is 6.03 Å². The molecule has 2 rings (SSSR count). The maximum absolute atomic E-state index is 12.4. The number of carbonyl (C=O) groups is 3. The monoisotopic (exact) mass is 281 g/mol. The van der Waals surface area contributed by atoms with Crippen LogP contribution in [0.4, 0.5) is 4.79 Å². The standard InChI is InChI=1S/C14H23N3O3/c1-3-6-11-12(18)15-14(20)17(13(11)19)10(2)9-16-7-4-5-8-16/h10-11H,3-9H2,1-2H3,(H,15,18,20). The lowest BCUT2D eigenvalue weighted by molar-refractivity contribution is -0.144. The van der Waals surface area contributed by atoms with E-state index in [2.05, 4.69) is 10.2 Å². The number of barbiturate groups is 1. The quantitative estimate of drug-likeness (QED) is 0.762. The van der Waals surface area contributed by atoms with Crippen LogP contribution >= 0.6 is 0 Å². The van der Waals surface area contributed by atoms with E-state index in [0.29, 0.717) is 13.0 Å². The molecule has 2 aliphatic rings. The molecule has 1 N–H and O–H groups in total. The summed E-state index contributed by atoms with van der Waals surface area (Å²) in [6, 6.07) is -0.771. The van der Waals surface area contributed by atoms with Crippen LogP contribution in [0.5, 0.6) is 0 Å². The van der Waals surface area contributed by atoms with Crippen molar-refractivity contribution < 1.29 is 14.4 Å². The van der Waals surface area contributed by atoms with Gasteiger partial charge in [0, 0.05) is 6.54 Å². The Hall–Kier alpha value is -1.43. The number of hydrogen-bond donors (Lipinski definition) is 1. The van der Waals surface area contributed by atoms with Gasteiger partial charge in [-0.25, -0.2) is 4.79 Å². The molecule has 0 radical (unpaired) electrons. The molecule has 20 heavy (non-hydrogen) atoms. The van der Waals surface area contributed by atoms with Gasteiger partial charge in [0.15, 0.2) is 0 Å². The zero-order valence-corrected chi connectivity index (χ0v) is 12.2. The van der Waals surface area contributed by atoms with Crippen LogP contribution in [0, 0.1) is 5.92 Å². The van der Waals surface area contributed by atoms with Crippen molar-refractivity contribution in [2.45, 2.75) is 45.6 Å². The van der Waals surface area contributed by atoms with Gasteiger partial charge in [-0.2, -0.15) is 0 Å². The van der Waals surface area contributed by atoms with E-state index in [4.69, 9.17) is 0 Å². The van der Waals surface area contributed by atoms with Crippen molar-refractivity contribution in [2.24, 2.45) is 5.92 Å². The van der Waals surface area contributed by atoms with Crippen molar-refractivity contribution in [2.75, 3.05) is 19.6 Å². The summed E-state index contributed by atoms with van der Waals surface area (Å²) in [6.07, 6.45) is 3.57. The van der Waals surface area contributed by atoms with Crippen LogP contribution in [0.25, 0.3) is 0 Å². The predicted molar refractivity (Wildman–Crippen MR) is 73.9 cm³/mol. The van der Waals surface area contributed by atoms with Crippen molar-refractivity contribution >= 4 is 17.8 Å². The Morgan fingerprint density at radius 2 is 1.90 bits per heavy atom. The van der Waals surface area contributed by atoms with Crippen LogP contribution < -0.4 is 5.32 Å². The van der Waals surface area contributed by atoms with Crippen molar-refractivity contribution in [3.05, 3.63) is 0 Å². The number of hydrogen-bond acceptors (Lipinski definition) is 4. The molecule has 0 aromatic carbocycles. The van der Waals surface area contributed by atoms with E-state index in [0.717, 1.165) is 19.5 Å². The molecule has 0 bridgehead atoms. The molecular weight excluding hydrogens is 258 g/mol. The minimum Gasteiger partial charge on any atom is -0.301 e. The number of imide groups is 2. The lowest BCUT2D eigenvalue weighted by Crippen LogP contribution is -2.61. The minimum absolute atomic E-state index is 0.201. The van der Waals surface area contributed by atoms with E-state index in [1.165, 1.54) is 17.7 Å². The molecule has 6 nitrogen and oxygen atoms in total. The Balaban J connectivity index is 2.05. The third kappa shape index (κ3) is 3.00. The molecular formula is C14H23N3O3. The summed E-state index contributed by atoms with van der Waals surface area (Å²) in [5.74, 6) is -1.50. The fourth-order valence-electron chi connectivity index (χ4n) is 3.01. The molecule has 0 saturated carbocycles. The van der Waals surface area contributed by atoms with E-state index in [-0.39, 0.29) is 11.9 Å². The van der Waals surface area contributed by atoms with E-state index in [9.17, 15) is 14.4 Å². The highest BCUT2D eigenvalue weighted by atomic mass is 16.2. The molecule has 0 spiro atoms. The number of nitrogens with one attached hydrogen (secondary N) is 1. The summed E-state index contributed by atoms with van der Waals surface area (Å²) in [6.45, 7) is 6.52. The average molecular weight is 281 g/mol. The predicted octanol–water partition coefficient (Wildman–Crippen LogP) is 0.965. The maximum Gasteiger partial charge on any atom is 0.331 e. The molecule has 0 aromatic rings. The summed E-state index contributed by atoms with van der Waals surface area (Å²) in [5.41, 5.74) is 0. The van der Waals surface area contributed by atoms with Crippen LogP contribution in [0.2, 0.25) is 0 Å². The fraction of sp³-hybridized carbons (Fsp3) is 0.786. The van der Waals surface area contributed by atoms with E-state index in [1.807, 2.05) is 13.8 Å². The van der Waals surface area contributed by atoms with Gasteiger partial charge in [-0.05, 0) is 39.3 Å². The number of amides is 4. The van der Waals surface area contributed by atoms with E-state index >= 15 is 0 Å². The average Bonchev–Trinajstić information content (AvgIpc) is 2.87. The zero-order valence-electron chi connectivity index (χ0n) is 12.2. The first kappa shape index (κ1) is 15.0. The second-order valence-electron chi connectivity index (χ2n) is 5.70. The van der Waals surface area contributed by atoms with Crippen molar-refractivity contribution in [3.63, 3.8) is 0 Å². The van der Waals surface area contributed by atoms with Gasteiger partial charge < -0.3 is 4.90 Å². The van der Waals surface area contributed by atoms with Gasteiger partial charge in [0.1, 0.15) is 5.92 Å². The van der Waals surface area contributed by atoms with Gasteiger partial charge in [0.2, 0.25) is 11.8 Å². The largest absolute Gasteiger partial charge is 0.331 e. The molecule has 2 aliphatic heterocycles. The number of rotatable bonds is 5.